The highest BCUT2D eigenvalue weighted by molar-refractivity contribution is 5.91. The molecule has 2 amide bonds. The van der Waals surface area contributed by atoms with Crippen LogP contribution >= 0.6 is 0 Å². The van der Waals surface area contributed by atoms with E-state index in [0.29, 0.717) is 34.7 Å². The molecule has 0 fully saturated rings. The molecule has 0 aliphatic carbocycles. The van der Waals surface area contributed by atoms with Gasteiger partial charge in [0.15, 0.2) is 0 Å². The number of hydrogen-bond donors (Lipinski definition) is 1. The van der Waals surface area contributed by atoms with Gasteiger partial charge in [0.2, 0.25) is 0 Å². The van der Waals surface area contributed by atoms with Crippen LogP contribution in [0.15, 0.2) is 65.5 Å². The molecule has 37 heavy (non-hydrogen) atoms. The number of anilines is 1. The molecule has 7 nitrogen and oxygen atoms in total. The topological polar surface area (TPSA) is 76.5 Å². The minimum absolute atomic E-state index is 0.206. The van der Waals surface area contributed by atoms with Crippen LogP contribution in [0, 0.1) is 20.8 Å². The lowest BCUT2D eigenvalue weighted by atomic mass is 10.1. The zero-order valence-electron chi connectivity index (χ0n) is 22.3. The van der Waals surface area contributed by atoms with Crippen LogP contribution in [0.4, 0.5) is 10.5 Å². The lowest BCUT2D eigenvalue weighted by molar-refractivity contribution is 0.189. The van der Waals surface area contributed by atoms with Gasteiger partial charge in [0.05, 0.1) is 29.7 Å². The summed E-state index contributed by atoms with van der Waals surface area (Å²) < 4.78 is 7.23. The third-order valence-corrected chi connectivity index (χ3v) is 6.66. The first-order valence-corrected chi connectivity index (χ1v) is 12.6. The Bertz CT molecular complexity index is 1490. The number of carbonyl (C=O) groups excluding carboxylic acids is 1. The molecule has 1 N–H and O–H groups in total. The second kappa shape index (κ2) is 10.9. The van der Waals surface area contributed by atoms with Crippen LogP contribution < -0.4 is 15.6 Å². The van der Waals surface area contributed by atoms with Gasteiger partial charge in [0.25, 0.3) is 5.56 Å². The van der Waals surface area contributed by atoms with E-state index in [1.54, 1.807) is 22.6 Å². The van der Waals surface area contributed by atoms with E-state index in [-0.39, 0.29) is 11.6 Å². The van der Waals surface area contributed by atoms with Gasteiger partial charge >= 0.3 is 6.03 Å². The molecular formula is C30H34N4O3. The number of fused-ring (bicyclic) bond motifs is 1. The number of amides is 2. The minimum Gasteiger partial charge on any atom is -0.495 e. The summed E-state index contributed by atoms with van der Waals surface area (Å²) in [7, 11) is 1.58. The molecule has 1 aromatic heterocycles. The fourth-order valence-corrected chi connectivity index (χ4v) is 4.68. The highest BCUT2D eigenvalue weighted by atomic mass is 16.5. The van der Waals surface area contributed by atoms with Gasteiger partial charge in [-0.1, -0.05) is 43.3 Å². The van der Waals surface area contributed by atoms with Crippen LogP contribution in [0.5, 0.6) is 5.75 Å². The number of nitrogens with zero attached hydrogens (tertiary/aromatic N) is 3. The molecule has 4 aromatic rings. The summed E-state index contributed by atoms with van der Waals surface area (Å²) in [6, 6.07) is 18.2. The maximum atomic E-state index is 13.9. The molecule has 1 heterocycles. The number of ether oxygens (including phenoxy) is 1. The summed E-state index contributed by atoms with van der Waals surface area (Å²) >= 11 is 0. The highest BCUT2D eigenvalue weighted by Gasteiger charge is 2.28. The van der Waals surface area contributed by atoms with Gasteiger partial charge in [-0.25, -0.2) is 9.78 Å². The Kier molecular flexibility index (Phi) is 7.62. The SMILES string of the molecule is CCCN(C(=O)Nc1c(C)cccc1C)C(C)c1nc2ccccc2c(=O)n1-c1cc(C)ccc1OC. The Hall–Kier alpha value is -4.13. The Labute approximate surface area is 217 Å². The van der Waals surface area contributed by atoms with Crippen molar-refractivity contribution >= 4 is 22.6 Å². The van der Waals surface area contributed by atoms with Crippen LogP contribution in [0.3, 0.4) is 0 Å². The molecule has 3 aromatic carbocycles. The summed E-state index contributed by atoms with van der Waals surface area (Å²) in [6.07, 6.45) is 0.746. The molecule has 7 heteroatoms. The monoisotopic (exact) mass is 498 g/mol. The van der Waals surface area contributed by atoms with E-state index >= 15 is 0 Å². The van der Waals surface area contributed by atoms with E-state index in [4.69, 9.17) is 9.72 Å². The lowest BCUT2D eigenvalue weighted by Crippen LogP contribution is -2.40. The van der Waals surface area contributed by atoms with Crippen molar-refractivity contribution in [2.45, 2.75) is 47.1 Å². The molecule has 0 saturated carbocycles. The van der Waals surface area contributed by atoms with Crippen molar-refractivity contribution in [3.05, 3.63) is 93.5 Å². The quantitative estimate of drug-likeness (QED) is 0.323. The van der Waals surface area contributed by atoms with Gasteiger partial charge in [-0.2, -0.15) is 0 Å². The molecule has 0 bridgehead atoms. The molecule has 0 aliphatic rings. The number of para-hydroxylation sites is 2. The van der Waals surface area contributed by atoms with Gasteiger partial charge in [-0.3, -0.25) is 9.36 Å². The van der Waals surface area contributed by atoms with Crippen molar-refractivity contribution in [1.82, 2.24) is 14.5 Å². The molecular weight excluding hydrogens is 464 g/mol. The number of nitrogens with one attached hydrogen (secondary N) is 1. The average molecular weight is 499 g/mol. The van der Waals surface area contributed by atoms with Crippen molar-refractivity contribution in [1.29, 1.82) is 0 Å². The van der Waals surface area contributed by atoms with Gasteiger partial charge < -0.3 is 15.0 Å². The van der Waals surface area contributed by atoms with Crippen molar-refractivity contribution in [3.63, 3.8) is 0 Å². The second-order valence-corrected chi connectivity index (χ2v) is 9.37. The van der Waals surface area contributed by atoms with Gasteiger partial charge in [0, 0.05) is 12.2 Å². The number of carbonyl (C=O) groups is 1. The van der Waals surface area contributed by atoms with Crippen molar-refractivity contribution < 1.29 is 9.53 Å². The molecule has 4 rings (SSSR count). The second-order valence-electron chi connectivity index (χ2n) is 9.37. The van der Waals surface area contributed by atoms with Crippen LogP contribution in [0.1, 0.15) is 48.8 Å². The number of aromatic nitrogens is 2. The Morgan fingerprint density at radius 3 is 2.43 bits per heavy atom. The van der Waals surface area contributed by atoms with Gasteiger partial charge in [0.1, 0.15) is 11.6 Å². The summed E-state index contributed by atoms with van der Waals surface area (Å²) in [5, 5.41) is 3.61. The first-order valence-electron chi connectivity index (χ1n) is 12.6. The minimum atomic E-state index is -0.508. The van der Waals surface area contributed by atoms with E-state index < -0.39 is 6.04 Å². The summed E-state index contributed by atoms with van der Waals surface area (Å²) in [4.78, 5) is 34.3. The van der Waals surface area contributed by atoms with Crippen molar-refractivity contribution in [3.8, 4) is 11.4 Å². The van der Waals surface area contributed by atoms with Crippen LogP contribution in [0.2, 0.25) is 0 Å². The zero-order valence-corrected chi connectivity index (χ0v) is 22.3. The van der Waals surface area contributed by atoms with Crippen LogP contribution in [-0.4, -0.2) is 34.1 Å². The molecule has 0 aliphatic heterocycles. The maximum absolute atomic E-state index is 13.9. The van der Waals surface area contributed by atoms with Crippen LogP contribution in [0.25, 0.3) is 16.6 Å². The van der Waals surface area contributed by atoms with Crippen molar-refractivity contribution in [2.24, 2.45) is 0 Å². The fourth-order valence-electron chi connectivity index (χ4n) is 4.68. The number of hydrogen-bond acceptors (Lipinski definition) is 4. The number of rotatable bonds is 7. The fraction of sp³-hybridized carbons (Fsp3) is 0.300. The first-order chi connectivity index (χ1) is 17.8. The molecule has 0 saturated heterocycles. The van der Waals surface area contributed by atoms with E-state index in [1.165, 1.54) is 0 Å². The predicted octanol–water partition coefficient (Wildman–Crippen LogP) is 6.32. The Morgan fingerprint density at radius 1 is 1.05 bits per heavy atom. The summed E-state index contributed by atoms with van der Waals surface area (Å²) in [5.74, 6) is 1.03. The molecule has 1 unspecified atom stereocenters. The standard InChI is InChI=1S/C30H34N4O3/c1-7-17-33(30(36)32-27-20(3)11-10-12-21(27)4)22(5)28-31-24-14-9-8-13-23(24)29(35)34(28)25-18-19(2)15-16-26(25)37-6/h8-16,18,22H,7,17H2,1-6H3,(H,32,36). The zero-order chi connectivity index (χ0) is 26.7. The smallest absolute Gasteiger partial charge is 0.322 e. The first kappa shape index (κ1) is 25.9. The number of urea groups is 1. The maximum Gasteiger partial charge on any atom is 0.322 e. The van der Waals surface area contributed by atoms with Gasteiger partial charge in [-0.15, -0.1) is 0 Å². The Balaban J connectivity index is 1.90. The third-order valence-electron chi connectivity index (χ3n) is 6.66. The highest BCUT2D eigenvalue weighted by Crippen LogP contribution is 2.29. The van der Waals surface area contributed by atoms with Gasteiger partial charge in [-0.05, 0) is 75.1 Å². The Morgan fingerprint density at radius 2 is 1.76 bits per heavy atom. The number of methoxy groups -OCH3 is 1. The summed E-state index contributed by atoms with van der Waals surface area (Å²) in [6.45, 7) is 10.3. The molecule has 192 valence electrons. The van der Waals surface area contributed by atoms with E-state index in [0.717, 1.165) is 28.8 Å². The summed E-state index contributed by atoms with van der Waals surface area (Å²) in [5.41, 5.74) is 4.73. The number of aryl methyl sites for hydroxylation is 3. The largest absolute Gasteiger partial charge is 0.495 e. The predicted molar refractivity (Wildman–Crippen MR) is 149 cm³/mol. The number of benzene rings is 3. The molecule has 0 spiro atoms. The van der Waals surface area contributed by atoms with E-state index in [1.807, 2.05) is 89.2 Å². The molecule has 1 atom stereocenters. The van der Waals surface area contributed by atoms with Crippen molar-refractivity contribution in [2.75, 3.05) is 19.0 Å². The average Bonchev–Trinajstić information content (AvgIpc) is 2.89. The lowest BCUT2D eigenvalue weighted by Gasteiger charge is -2.31. The third kappa shape index (κ3) is 5.07. The van der Waals surface area contributed by atoms with E-state index in [9.17, 15) is 9.59 Å². The normalized spacial score (nSPS) is 11.8. The van der Waals surface area contributed by atoms with E-state index in [2.05, 4.69) is 5.32 Å². The van der Waals surface area contributed by atoms with Crippen LogP contribution in [-0.2, 0) is 0 Å². The molecule has 0 radical (unpaired) electrons.